The van der Waals surface area contributed by atoms with Crippen LogP contribution in [0.15, 0.2) is 66.7 Å². The Kier molecular flexibility index (Phi) is 12.0. The number of ether oxygens (including phenoxy) is 2. The van der Waals surface area contributed by atoms with Gasteiger partial charge in [-0.2, -0.15) is 0 Å². The summed E-state index contributed by atoms with van der Waals surface area (Å²) >= 11 is 0. The number of aromatic nitrogens is 1. The minimum Gasteiger partial charge on any atom is -0.497 e. The molecule has 3 N–H and O–H groups in total. The normalized spacial score (nSPS) is 13.1. The fraction of sp³-hybridized carbons (Fsp3) is 0.424. The molecule has 224 valence electrons. The second-order valence-electron chi connectivity index (χ2n) is 10.6. The lowest BCUT2D eigenvalue weighted by molar-refractivity contribution is -0.142. The van der Waals surface area contributed by atoms with E-state index in [9.17, 15) is 14.7 Å². The number of pyridine rings is 1. The summed E-state index contributed by atoms with van der Waals surface area (Å²) < 4.78 is 11.1. The largest absolute Gasteiger partial charge is 0.497 e. The molecule has 1 aromatic heterocycles. The van der Waals surface area contributed by atoms with E-state index in [-0.39, 0.29) is 12.3 Å². The Labute approximate surface area is 248 Å². The summed E-state index contributed by atoms with van der Waals surface area (Å²) in [6, 6.07) is 20.2. The molecule has 1 amide bonds. The predicted octanol–water partition coefficient (Wildman–Crippen LogP) is 4.35. The number of anilines is 1. The fourth-order valence-corrected chi connectivity index (χ4v) is 5.04. The zero-order chi connectivity index (χ0) is 29.6. The Morgan fingerprint density at radius 3 is 2.57 bits per heavy atom. The Morgan fingerprint density at radius 2 is 1.81 bits per heavy atom. The first-order valence-electron chi connectivity index (χ1n) is 14.8. The van der Waals surface area contributed by atoms with Crippen molar-refractivity contribution in [3.8, 4) is 11.5 Å². The van der Waals surface area contributed by atoms with E-state index < -0.39 is 12.0 Å². The van der Waals surface area contributed by atoms with Crippen LogP contribution in [0.4, 0.5) is 5.82 Å². The fourth-order valence-electron chi connectivity index (χ4n) is 5.04. The molecule has 0 bridgehead atoms. The molecule has 0 saturated heterocycles. The molecule has 3 aromatic rings. The molecule has 1 aliphatic heterocycles. The van der Waals surface area contributed by atoms with Crippen molar-refractivity contribution in [1.29, 1.82) is 0 Å². The number of hydrogen-bond acceptors (Lipinski definition) is 7. The van der Waals surface area contributed by atoms with Crippen molar-refractivity contribution in [2.45, 2.75) is 51.0 Å². The Bertz CT molecular complexity index is 1270. The number of carbonyl (C=O) groups excluding carboxylic acids is 1. The molecule has 0 saturated carbocycles. The number of nitrogens with zero attached hydrogens (tertiary/aromatic N) is 2. The van der Waals surface area contributed by atoms with Gasteiger partial charge < -0.3 is 25.2 Å². The highest BCUT2D eigenvalue weighted by Gasteiger charge is 2.21. The molecular weight excluding hydrogens is 532 g/mol. The smallest absolute Gasteiger partial charge is 0.326 e. The molecule has 1 atom stereocenters. The number of para-hydroxylation sites is 1. The molecule has 4 rings (SSSR count). The van der Waals surface area contributed by atoms with Crippen molar-refractivity contribution in [2.24, 2.45) is 0 Å². The van der Waals surface area contributed by atoms with Crippen molar-refractivity contribution in [2.75, 3.05) is 45.2 Å². The second-order valence-corrected chi connectivity index (χ2v) is 10.6. The molecule has 0 spiro atoms. The number of carboxylic acid groups (broad SMARTS) is 1. The van der Waals surface area contributed by atoms with Gasteiger partial charge in [0.2, 0.25) is 5.91 Å². The molecule has 0 fully saturated rings. The summed E-state index contributed by atoms with van der Waals surface area (Å²) in [5.74, 6) is 1.17. The molecule has 9 heteroatoms. The lowest BCUT2D eigenvalue weighted by atomic mass is 10.1. The number of amides is 1. The van der Waals surface area contributed by atoms with Crippen LogP contribution in [0.2, 0.25) is 0 Å². The highest BCUT2D eigenvalue weighted by molar-refractivity contribution is 5.84. The lowest BCUT2D eigenvalue weighted by Gasteiger charge is -2.24. The highest BCUT2D eigenvalue weighted by atomic mass is 16.5. The van der Waals surface area contributed by atoms with Gasteiger partial charge in [0.25, 0.3) is 0 Å². The van der Waals surface area contributed by atoms with Gasteiger partial charge in [-0.1, -0.05) is 36.4 Å². The topological polar surface area (TPSA) is 113 Å². The minimum absolute atomic E-state index is 0.106. The van der Waals surface area contributed by atoms with Crippen molar-refractivity contribution in [3.63, 3.8) is 0 Å². The van der Waals surface area contributed by atoms with E-state index in [1.54, 1.807) is 31.4 Å². The number of hydrogen-bond donors (Lipinski definition) is 3. The summed E-state index contributed by atoms with van der Waals surface area (Å²) in [6.07, 6.45) is 5.44. The van der Waals surface area contributed by atoms with E-state index in [0.29, 0.717) is 31.9 Å². The van der Waals surface area contributed by atoms with Gasteiger partial charge in [-0.3, -0.25) is 9.69 Å². The van der Waals surface area contributed by atoms with Gasteiger partial charge in [0.1, 0.15) is 30.0 Å². The zero-order valence-corrected chi connectivity index (χ0v) is 24.4. The van der Waals surface area contributed by atoms with Crippen LogP contribution in [0.1, 0.15) is 42.5 Å². The highest BCUT2D eigenvalue weighted by Crippen LogP contribution is 2.20. The van der Waals surface area contributed by atoms with Crippen LogP contribution in [-0.2, 0) is 28.9 Å². The van der Waals surface area contributed by atoms with Gasteiger partial charge >= 0.3 is 5.97 Å². The van der Waals surface area contributed by atoms with Gasteiger partial charge in [-0.25, -0.2) is 9.78 Å². The Morgan fingerprint density at radius 1 is 1.00 bits per heavy atom. The molecule has 9 nitrogen and oxygen atoms in total. The van der Waals surface area contributed by atoms with Crippen LogP contribution in [0.25, 0.3) is 0 Å². The first kappa shape index (κ1) is 30.8. The molecule has 0 aliphatic carbocycles. The van der Waals surface area contributed by atoms with E-state index in [0.717, 1.165) is 68.0 Å². The maximum absolute atomic E-state index is 12.6. The van der Waals surface area contributed by atoms with Gasteiger partial charge in [-0.05, 0) is 86.5 Å². The van der Waals surface area contributed by atoms with Gasteiger partial charge in [0.15, 0.2) is 0 Å². The number of nitrogens with one attached hydrogen (secondary N) is 2. The second kappa shape index (κ2) is 16.4. The molecule has 1 unspecified atom stereocenters. The number of carbonyl (C=O) groups is 2. The average Bonchev–Trinajstić information content (AvgIpc) is 3.01. The number of unbranched alkanes of at least 4 members (excludes halogenated alkanes) is 1. The van der Waals surface area contributed by atoms with Crippen LogP contribution in [0.3, 0.4) is 0 Å². The molecule has 2 heterocycles. The van der Waals surface area contributed by atoms with Crippen molar-refractivity contribution >= 4 is 17.7 Å². The van der Waals surface area contributed by atoms with Crippen molar-refractivity contribution in [1.82, 2.24) is 15.2 Å². The SMILES string of the molecule is COc1ccc(CC(=O)NC(CCN(CCCCc2ccc3c(n2)NCCC3)CCOc2ccccc2)C(=O)O)cc1. The summed E-state index contributed by atoms with van der Waals surface area (Å²) in [5, 5.41) is 15.9. The minimum atomic E-state index is -1.04. The number of aliphatic carboxylic acids is 1. The quantitative estimate of drug-likeness (QED) is 0.204. The number of aryl methyl sites for hydroxylation is 2. The summed E-state index contributed by atoms with van der Waals surface area (Å²) in [7, 11) is 1.58. The molecule has 42 heavy (non-hydrogen) atoms. The van der Waals surface area contributed by atoms with E-state index in [1.807, 2.05) is 30.3 Å². The van der Waals surface area contributed by atoms with Crippen LogP contribution >= 0.6 is 0 Å². The maximum atomic E-state index is 12.6. The standard InChI is InChI=1S/C33H42N4O5/c1-41-28-16-12-25(13-17-28)24-31(38)36-30(33(39)40)18-21-37(22-23-42-29-10-3-2-4-11-29)20-6-5-9-27-15-14-26-8-7-19-34-32(26)35-27/h2-4,10-17,30H,5-9,18-24H2,1H3,(H,34,35)(H,36,38)(H,39,40). The van der Waals surface area contributed by atoms with Crippen molar-refractivity contribution in [3.05, 3.63) is 83.6 Å². The number of methoxy groups -OCH3 is 1. The summed E-state index contributed by atoms with van der Waals surface area (Å²) in [6.45, 7) is 3.45. The molecule has 1 aliphatic rings. The number of rotatable bonds is 17. The zero-order valence-electron chi connectivity index (χ0n) is 24.4. The predicted molar refractivity (Wildman–Crippen MR) is 163 cm³/mol. The number of benzene rings is 2. The third-order valence-electron chi connectivity index (χ3n) is 7.42. The third kappa shape index (κ3) is 10.1. The van der Waals surface area contributed by atoms with Gasteiger partial charge in [0, 0.05) is 25.3 Å². The first-order valence-corrected chi connectivity index (χ1v) is 14.8. The Balaban J connectivity index is 1.28. The van der Waals surface area contributed by atoms with E-state index in [2.05, 4.69) is 27.7 Å². The Hall–Kier alpha value is -4.11. The van der Waals surface area contributed by atoms with Crippen LogP contribution in [-0.4, -0.2) is 72.8 Å². The lowest BCUT2D eigenvalue weighted by Crippen LogP contribution is -2.44. The number of fused-ring (bicyclic) bond motifs is 1. The average molecular weight is 575 g/mol. The first-order chi connectivity index (χ1) is 20.5. The maximum Gasteiger partial charge on any atom is 0.326 e. The van der Waals surface area contributed by atoms with E-state index >= 15 is 0 Å². The van der Waals surface area contributed by atoms with Gasteiger partial charge in [0.05, 0.1) is 13.5 Å². The summed E-state index contributed by atoms with van der Waals surface area (Å²) in [4.78, 5) is 31.7. The van der Waals surface area contributed by atoms with E-state index in [4.69, 9.17) is 14.5 Å². The van der Waals surface area contributed by atoms with Crippen LogP contribution < -0.4 is 20.1 Å². The third-order valence-corrected chi connectivity index (χ3v) is 7.42. The van der Waals surface area contributed by atoms with Crippen LogP contribution in [0.5, 0.6) is 11.5 Å². The molecular formula is C33H42N4O5. The summed E-state index contributed by atoms with van der Waals surface area (Å²) in [5.41, 5.74) is 3.17. The van der Waals surface area contributed by atoms with Crippen molar-refractivity contribution < 1.29 is 24.2 Å². The molecule has 2 aromatic carbocycles. The monoisotopic (exact) mass is 574 g/mol. The van der Waals surface area contributed by atoms with E-state index in [1.165, 1.54) is 5.56 Å². The number of carboxylic acids is 1. The van der Waals surface area contributed by atoms with Gasteiger partial charge in [-0.15, -0.1) is 0 Å². The molecule has 0 radical (unpaired) electrons. The van der Waals surface area contributed by atoms with Crippen LogP contribution in [0, 0.1) is 0 Å².